The van der Waals surface area contributed by atoms with Gasteiger partial charge in [0.25, 0.3) is 5.91 Å². The lowest BCUT2D eigenvalue weighted by atomic mass is 9.58. The number of aliphatic hydroxyl groups is 3. The van der Waals surface area contributed by atoms with E-state index in [0.717, 1.165) is 50.9 Å². The molecular formula is C29H36N4O8. The van der Waals surface area contributed by atoms with E-state index in [2.05, 4.69) is 10.2 Å². The third-order valence-electron chi connectivity index (χ3n) is 9.86. The number of benzene rings is 1. The van der Waals surface area contributed by atoms with E-state index < -0.39 is 58.0 Å². The Hall–Kier alpha value is -3.45. The number of nitrogens with one attached hydrogen (secondary N) is 1. The van der Waals surface area contributed by atoms with Crippen LogP contribution in [0.3, 0.4) is 0 Å². The van der Waals surface area contributed by atoms with E-state index in [4.69, 9.17) is 16.2 Å². The number of carbonyl (C=O) groups is 3. The molecule has 0 radical (unpaired) electrons. The number of piperidine rings is 1. The lowest BCUT2D eigenvalue weighted by Gasteiger charge is -2.48. The molecule has 2 aliphatic heterocycles. The lowest BCUT2D eigenvalue weighted by Crippen LogP contribution is -2.65. The Morgan fingerprint density at radius 3 is 2.54 bits per heavy atom. The lowest BCUT2D eigenvalue weighted by molar-refractivity contribution is -0.149. The molecule has 2 saturated heterocycles. The molecule has 12 nitrogen and oxygen atoms in total. The largest absolute Gasteiger partial charge is 0.508 e. The number of primary amides is 1. The fourth-order valence-corrected chi connectivity index (χ4v) is 7.98. The zero-order chi connectivity index (χ0) is 29.4. The van der Waals surface area contributed by atoms with Crippen LogP contribution in [0.4, 0.5) is 0 Å². The zero-order valence-electron chi connectivity index (χ0n) is 22.9. The van der Waals surface area contributed by atoms with Gasteiger partial charge in [-0.3, -0.25) is 19.3 Å². The number of fused-ring (bicyclic) bond motifs is 3. The molecule has 41 heavy (non-hydrogen) atoms. The number of methoxy groups -OCH3 is 1. The number of carbonyl (C=O) groups excluding carboxylic acids is 3. The molecule has 5 aliphatic rings. The number of hydrogen-bond donors (Lipinski definition) is 7. The van der Waals surface area contributed by atoms with E-state index in [1.807, 2.05) is 0 Å². The van der Waals surface area contributed by atoms with Gasteiger partial charge < -0.3 is 41.9 Å². The zero-order valence-corrected chi connectivity index (χ0v) is 22.9. The Labute approximate surface area is 236 Å². The molecule has 9 N–H and O–H groups in total. The maximum absolute atomic E-state index is 13.8. The van der Waals surface area contributed by atoms with Crippen molar-refractivity contribution in [3.8, 4) is 11.5 Å². The van der Waals surface area contributed by atoms with Gasteiger partial charge in [-0.05, 0) is 70.1 Å². The summed E-state index contributed by atoms with van der Waals surface area (Å²) >= 11 is 0. The predicted molar refractivity (Wildman–Crippen MR) is 146 cm³/mol. The van der Waals surface area contributed by atoms with Crippen molar-refractivity contribution in [2.75, 3.05) is 26.7 Å². The first-order valence-electron chi connectivity index (χ1n) is 14.1. The smallest absolute Gasteiger partial charge is 0.255 e. The van der Waals surface area contributed by atoms with Crippen LogP contribution in [0.5, 0.6) is 11.5 Å². The van der Waals surface area contributed by atoms with Gasteiger partial charge in [0, 0.05) is 34.7 Å². The summed E-state index contributed by atoms with van der Waals surface area (Å²) in [4.78, 5) is 41.0. The quantitative estimate of drug-likeness (QED) is 0.245. The Morgan fingerprint density at radius 1 is 1.17 bits per heavy atom. The van der Waals surface area contributed by atoms with E-state index in [-0.39, 0.29) is 35.8 Å². The summed E-state index contributed by atoms with van der Waals surface area (Å²) < 4.78 is 5.93. The first-order valence-corrected chi connectivity index (χ1v) is 14.1. The fraction of sp³-hybridized carbons (Fsp3) is 0.552. The molecule has 1 aromatic carbocycles. The van der Waals surface area contributed by atoms with Crippen molar-refractivity contribution in [1.82, 2.24) is 10.2 Å². The number of rotatable bonds is 4. The maximum Gasteiger partial charge on any atom is 0.255 e. The number of aromatic hydroxyl groups is 1. The van der Waals surface area contributed by atoms with E-state index >= 15 is 0 Å². The molecule has 220 valence electrons. The molecule has 12 heteroatoms. The van der Waals surface area contributed by atoms with Gasteiger partial charge in [-0.1, -0.05) is 0 Å². The molecule has 3 aliphatic carbocycles. The van der Waals surface area contributed by atoms with Crippen molar-refractivity contribution in [3.05, 3.63) is 39.7 Å². The van der Waals surface area contributed by atoms with E-state index in [1.165, 1.54) is 7.11 Å². The molecule has 0 spiro atoms. The van der Waals surface area contributed by atoms with Gasteiger partial charge in [0.05, 0.1) is 18.7 Å². The summed E-state index contributed by atoms with van der Waals surface area (Å²) in [5.41, 5.74) is 8.88. The highest BCUT2D eigenvalue weighted by molar-refractivity contribution is 6.24. The van der Waals surface area contributed by atoms with Crippen molar-refractivity contribution >= 4 is 23.2 Å². The Balaban J connectivity index is 1.47. The number of amides is 1. The molecule has 1 aromatic rings. The second-order valence-electron chi connectivity index (χ2n) is 11.8. The SMILES string of the molecule is COc1c([C@@H]2CCCN2C2CCNCC2)cc(O)c2c1C[C@H]1C[C@H]3[C@H](N)C(=O)C(C(N)=O)=C(O)[C@@]3(O)C(=O)C1=C2O. The van der Waals surface area contributed by atoms with Crippen LogP contribution in [-0.2, 0) is 20.8 Å². The number of likely N-dealkylation sites (tertiary alicyclic amines) is 1. The van der Waals surface area contributed by atoms with Crippen LogP contribution in [0.1, 0.15) is 54.8 Å². The van der Waals surface area contributed by atoms with Gasteiger partial charge in [0.1, 0.15) is 28.6 Å². The number of hydrogen-bond acceptors (Lipinski definition) is 11. The number of ketones is 2. The summed E-state index contributed by atoms with van der Waals surface area (Å²) in [6.45, 7) is 2.82. The third-order valence-corrected chi connectivity index (χ3v) is 9.86. The average molecular weight is 569 g/mol. The van der Waals surface area contributed by atoms with Crippen molar-refractivity contribution in [2.45, 2.75) is 62.3 Å². The monoisotopic (exact) mass is 568 g/mol. The van der Waals surface area contributed by atoms with E-state index in [0.29, 0.717) is 17.4 Å². The van der Waals surface area contributed by atoms with Gasteiger partial charge >= 0.3 is 0 Å². The molecule has 2 heterocycles. The Morgan fingerprint density at radius 2 is 1.88 bits per heavy atom. The summed E-state index contributed by atoms with van der Waals surface area (Å²) in [5, 5.41) is 48.4. The molecule has 0 bridgehead atoms. The topological polar surface area (TPSA) is 209 Å². The van der Waals surface area contributed by atoms with Gasteiger partial charge in [0.2, 0.25) is 5.78 Å². The van der Waals surface area contributed by atoms with Crippen molar-refractivity contribution in [2.24, 2.45) is 23.3 Å². The predicted octanol–water partition coefficient (Wildman–Crippen LogP) is 0.259. The average Bonchev–Trinajstić information content (AvgIpc) is 3.43. The van der Waals surface area contributed by atoms with Gasteiger partial charge in [-0.25, -0.2) is 0 Å². The fourth-order valence-electron chi connectivity index (χ4n) is 7.98. The summed E-state index contributed by atoms with van der Waals surface area (Å²) in [6, 6.07) is 0.512. The minimum Gasteiger partial charge on any atom is -0.508 e. The second-order valence-corrected chi connectivity index (χ2v) is 11.8. The van der Waals surface area contributed by atoms with E-state index in [1.54, 1.807) is 6.07 Å². The molecule has 1 saturated carbocycles. The number of nitrogens with two attached hydrogens (primary N) is 2. The van der Waals surface area contributed by atoms with Crippen LogP contribution >= 0.6 is 0 Å². The summed E-state index contributed by atoms with van der Waals surface area (Å²) in [6.07, 6.45) is 4.03. The first kappa shape index (κ1) is 27.7. The summed E-state index contributed by atoms with van der Waals surface area (Å²) in [5.74, 6) is -6.74. The standard InChI is InChI=1S/C29H36N4O8/c1-41-25-14(17-3-2-8-33(17)13-4-6-32-7-5-13)11-18(34)20-15(25)9-12-10-16-22(30)24(36)21(28(31)39)27(38)29(16,40)26(37)19(12)23(20)35/h11-13,16-17,22,32,34-35,38,40H,2-10,30H2,1H3,(H2,31,39)/t12-,16-,17-,22-,29-/m0/s1. The molecule has 0 aromatic heterocycles. The van der Waals surface area contributed by atoms with Crippen LogP contribution in [0.25, 0.3) is 5.76 Å². The highest BCUT2D eigenvalue weighted by Gasteiger charge is 2.63. The molecule has 3 fully saturated rings. The highest BCUT2D eigenvalue weighted by Crippen LogP contribution is 2.54. The maximum atomic E-state index is 13.8. The van der Waals surface area contributed by atoms with Crippen LogP contribution < -0.4 is 21.5 Å². The number of ether oxygens (including phenoxy) is 1. The van der Waals surface area contributed by atoms with Crippen molar-refractivity contribution in [3.63, 3.8) is 0 Å². The van der Waals surface area contributed by atoms with E-state index in [9.17, 15) is 34.8 Å². The van der Waals surface area contributed by atoms with Crippen molar-refractivity contribution < 1.29 is 39.5 Å². The third kappa shape index (κ3) is 3.84. The minimum absolute atomic E-state index is 0.00791. The van der Waals surface area contributed by atoms with Crippen LogP contribution in [0, 0.1) is 11.8 Å². The number of phenolic OH excluding ortho intramolecular Hbond substituents is 1. The molecule has 1 amide bonds. The minimum atomic E-state index is -2.73. The second kappa shape index (κ2) is 9.83. The summed E-state index contributed by atoms with van der Waals surface area (Å²) in [7, 11) is 1.53. The number of nitrogens with zero attached hydrogens (tertiary/aromatic N) is 1. The number of aliphatic hydroxyl groups excluding tert-OH is 2. The van der Waals surface area contributed by atoms with Crippen LogP contribution in [0.15, 0.2) is 23.0 Å². The van der Waals surface area contributed by atoms with Crippen LogP contribution in [0.2, 0.25) is 0 Å². The van der Waals surface area contributed by atoms with Crippen molar-refractivity contribution in [1.29, 1.82) is 0 Å². The first-order chi connectivity index (χ1) is 19.5. The number of Topliss-reactive ketones (excluding diaryl/α,β-unsaturated/α-hetero) is 2. The van der Waals surface area contributed by atoms with Gasteiger partial charge in [0.15, 0.2) is 11.4 Å². The Kier molecular flexibility index (Phi) is 6.64. The Bertz CT molecular complexity index is 1410. The van der Waals surface area contributed by atoms with Gasteiger partial charge in [-0.15, -0.1) is 0 Å². The number of phenols is 1. The molecule has 0 unspecified atom stereocenters. The highest BCUT2D eigenvalue weighted by atomic mass is 16.5. The normalized spacial score (nSPS) is 32.6. The van der Waals surface area contributed by atoms with Gasteiger partial charge in [-0.2, -0.15) is 0 Å². The molecular weight excluding hydrogens is 532 g/mol. The van der Waals surface area contributed by atoms with Crippen LogP contribution in [-0.4, -0.2) is 87.2 Å². The molecule has 5 atom stereocenters. The molecule has 6 rings (SSSR count).